The molecule has 2 atom stereocenters. The maximum atomic E-state index is 12.0. The van der Waals surface area contributed by atoms with Crippen molar-refractivity contribution in [3.8, 4) is 0 Å². The van der Waals surface area contributed by atoms with Crippen LogP contribution in [0.4, 0.5) is 5.82 Å². The molecule has 2 aromatic heterocycles. The molecule has 0 bridgehead atoms. The number of rotatable bonds is 6. The molecule has 0 aliphatic carbocycles. The summed E-state index contributed by atoms with van der Waals surface area (Å²) in [4.78, 5) is 21.4. The molecule has 8 heteroatoms. The first kappa shape index (κ1) is 20.3. The van der Waals surface area contributed by atoms with Gasteiger partial charge in [0, 0.05) is 43.3 Å². The van der Waals surface area contributed by atoms with E-state index in [-0.39, 0.29) is 23.4 Å². The van der Waals surface area contributed by atoms with Gasteiger partial charge in [-0.3, -0.25) is 9.48 Å². The van der Waals surface area contributed by atoms with Crippen LogP contribution in [0.2, 0.25) is 0 Å². The minimum absolute atomic E-state index is 0.0188. The Kier molecular flexibility index (Phi) is 5.98. The van der Waals surface area contributed by atoms with E-state index in [1.807, 2.05) is 30.1 Å². The number of hydrogen-bond acceptors (Lipinski definition) is 6. The lowest BCUT2D eigenvalue weighted by molar-refractivity contribution is -0.123. The van der Waals surface area contributed by atoms with Crippen molar-refractivity contribution in [2.75, 3.05) is 12.4 Å². The van der Waals surface area contributed by atoms with Crippen LogP contribution in [-0.2, 0) is 28.1 Å². The van der Waals surface area contributed by atoms with Crippen molar-refractivity contribution in [3.05, 3.63) is 35.5 Å². The highest BCUT2D eigenvalue weighted by molar-refractivity contribution is 5.77. The minimum Gasteiger partial charge on any atom is -0.378 e. The Morgan fingerprint density at radius 1 is 1.36 bits per heavy atom. The van der Waals surface area contributed by atoms with Gasteiger partial charge in [0.2, 0.25) is 5.91 Å². The van der Waals surface area contributed by atoms with Crippen LogP contribution >= 0.6 is 0 Å². The third-order valence-electron chi connectivity index (χ3n) is 4.81. The van der Waals surface area contributed by atoms with Crippen LogP contribution in [0.25, 0.3) is 0 Å². The fourth-order valence-corrected chi connectivity index (χ4v) is 3.30. The van der Waals surface area contributed by atoms with Crippen molar-refractivity contribution in [3.63, 3.8) is 0 Å². The zero-order valence-corrected chi connectivity index (χ0v) is 17.3. The number of nitrogens with zero attached hydrogens (tertiary/aromatic N) is 4. The van der Waals surface area contributed by atoms with Crippen LogP contribution in [0.1, 0.15) is 63.7 Å². The summed E-state index contributed by atoms with van der Waals surface area (Å²) < 4.78 is 7.14. The molecule has 0 aromatic carbocycles. The summed E-state index contributed by atoms with van der Waals surface area (Å²) in [6.45, 7) is 9.52. The van der Waals surface area contributed by atoms with E-state index in [4.69, 9.17) is 9.72 Å². The SMILES string of the molecule is CCn1cc([C@@H]2NC(=O)CC[C@H]2Nc2cc(COC)nc(C(C)(C)C)n2)cn1. The largest absolute Gasteiger partial charge is 0.378 e. The average Bonchev–Trinajstić information content (AvgIpc) is 3.12. The third-order valence-corrected chi connectivity index (χ3v) is 4.81. The Morgan fingerprint density at radius 2 is 2.14 bits per heavy atom. The Labute approximate surface area is 166 Å². The molecule has 8 nitrogen and oxygen atoms in total. The van der Waals surface area contributed by atoms with Gasteiger partial charge < -0.3 is 15.4 Å². The fourth-order valence-electron chi connectivity index (χ4n) is 3.30. The molecular weight excluding hydrogens is 356 g/mol. The van der Waals surface area contributed by atoms with Gasteiger partial charge >= 0.3 is 0 Å². The molecule has 2 N–H and O–H groups in total. The molecule has 3 heterocycles. The predicted octanol–water partition coefficient (Wildman–Crippen LogP) is 2.57. The van der Waals surface area contributed by atoms with Gasteiger partial charge in [-0.15, -0.1) is 0 Å². The number of carbonyl (C=O) groups is 1. The standard InChI is InChI=1S/C20H30N6O2/c1-6-26-11-13(10-21-26)18-15(7-8-17(27)25-18)23-16-9-14(12-28-5)22-19(24-16)20(2,3)4/h9-11,15,18H,6-8,12H2,1-5H3,(H,25,27)(H,22,23,24)/t15-,18+/m1/s1. The zero-order chi connectivity index (χ0) is 20.3. The van der Waals surface area contributed by atoms with Gasteiger partial charge in [-0.05, 0) is 13.3 Å². The van der Waals surface area contributed by atoms with Gasteiger partial charge in [0.25, 0.3) is 0 Å². The van der Waals surface area contributed by atoms with E-state index in [0.717, 1.165) is 35.9 Å². The first-order valence-corrected chi connectivity index (χ1v) is 9.75. The van der Waals surface area contributed by atoms with E-state index < -0.39 is 0 Å². The fraction of sp³-hybridized carbons (Fsp3) is 0.600. The molecule has 1 fully saturated rings. The van der Waals surface area contributed by atoms with E-state index in [0.29, 0.717) is 13.0 Å². The summed E-state index contributed by atoms with van der Waals surface area (Å²) in [6.07, 6.45) is 5.02. The van der Waals surface area contributed by atoms with Crippen LogP contribution < -0.4 is 10.6 Å². The lowest BCUT2D eigenvalue weighted by atomic mass is 9.93. The monoisotopic (exact) mass is 386 g/mol. The van der Waals surface area contributed by atoms with Gasteiger partial charge in [-0.1, -0.05) is 20.8 Å². The highest BCUT2D eigenvalue weighted by Crippen LogP contribution is 2.28. The smallest absolute Gasteiger partial charge is 0.220 e. The van der Waals surface area contributed by atoms with Crippen LogP contribution in [-0.4, -0.2) is 38.8 Å². The van der Waals surface area contributed by atoms with Crippen LogP contribution in [0.15, 0.2) is 18.5 Å². The second-order valence-corrected chi connectivity index (χ2v) is 8.22. The van der Waals surface area contributed by atoms with Crippen molar-refractivity contribution >= 4 is 11.7 Å². The normalized spacial score (nSPS) is 20.1. The van der Waals surface area contributed by atoms with Crippen molar-refractivity contribution in [2.45, 2.75) is 71.2 Å². The molecule has 28 heavy (non-hydrogen) atoms. The number of aryl methyl sites for hydroxylation is 1. The number of amides is 1. The second-order valence-electron chi connectivity index (χ2n) is 8.22. The van der Waals surface area contributed by atoms with Gasteiger partial charge in [0.05, 0.1) is 30.6 Å². The Hall–Kier alpha value is -2.48. The molecular formula is C20H30N6O2. The molecule has 2 aromatic rings. The van der Waals surface area contributed by atoms with E-state index in [9.17, 15) is 4.79 Å². The van der Waals surface area contributed by atoms with Crippen LogP contribution in [0.5, 0.6) is 0 Å². The number of anilines is 1. The van der Waals surface area contributed by atoms with Gasteiger partial charge in [0.1, 0.15) is 11.6 Å². The first-order chi connectivity index (χ1) is 13.3. The Balaban J connectivity index is 1.89. The summed E-state index contributed by atoms with van der Waals surface area (Å²) in [5, 5.41) is 11.0. The molecule has 0 saturated carbocycles. The van der Waals surface area contributed by atoms with E-state index in [1.165, 1.54) is 0 Å². The molecule has 0 spiro atoms. The molecule has 1 amide bonds. The quantitative estimate of drug-likeness (QED) is 0.792. The van der Waals surface area contributed by atoms with Gasteiger partial charge in [0.15, 0.2) is 0 Å². The number of piperidine rings is 1. The summed E-state index contributed by atoms with van der Waals surface area (Å²) in [7, 11) is 1.66. The maximum absolute atomic E-state index is 12.0. The molecule has 1 aliphatic rings. The highest BCUT2D eigenvalue weighted by Gasteiger charge is 2.31. The predicted molar refractivity (Wildman–Crippen MR) is 107 cm³/mol. The van der Waals surface area contributed by atoms with Gasteiger partial charge in [-0.25, -0.2) is 9.97 Å². The van der Waals surface area contributed by atoms with Crippen molar-refractivity contribution in [1.82, 2.24) is 25.1 Å². The number of methoxy groups -OCH3 is 1. The van der Waals surface area contributed by atoms with E-state index >= 15 is 0 Å². The summed E-state index contributed by atoms with van der Waals surface area (Å²) in [5.41, 5.74) is 1.65. The molecule has 1 aliphatic heterocycles. The molecule has 3 rings (SSSR count). The zero-order valence-electron chi connectivity index (χ0n) is 17.3. The lowest BCUT2D eigenvalue weighted by Gasteiger charge is -2.33. The van der Waals surface area contributed by atoms with Crippen LogP contribution in [0.3, 0.4) is 0 Å². The van der Waals surface area contributed by atoms with E-state index in [2.05, 4.69) is 41.5 Å². The van der Waals surface area contributed by atoms with Crippen LogP contribution in [0, 0.1) is 0 Å². The summed E-state index contributed by atoms with van der Waals surface area (Å²) >= 11 is 0. The maximum Gasteiger partial charge on any atom is 0.220 e. The molecule has 152 valence electrons. The number of aromatic nitrogens is 4. The Bertz CT molecular complexity index is 826. The van der Waals surface area contributed by atoms with Gasteiger partial charge in [-0.2, -0.15) is 5.10 Å². The third kappa shape index (κ3) is 4.67. The molecule has 1 saturated heterocycles. The summed E-state index contributed by atoms with van der Waals surface area (Å²) in [6, 6.07) is 1.78. The summed E-state index contributed by atoms with van der Waals surface area (Å²) in [5.74, 6) is 1.58. The minimum atomic E-state index is -0.178. The number of hydrogen-bond donors (Lipinski definition) is 2. The average molecular weight is 387 g/mol. The number of ether oxygens (including phenoxy) is 1. The number of nitrogens with one attached hydrogen (secondary N) is 2. The van der Waals surface area contributed by atoms with Crippen molar-refractivity contribution < 1.29 is 9.53 Å². The lowest BCUT2D eigenvalue weighted by Crippen LogP contribution is -2.45. The second kappa shape index (κ2) is 8.26. The highest BCUT2D eigenvalue weighted by atomic mass is 16.5. The van der Waals surface area contributed by atoms with Crippen molar-refractivity contribution in [2.24, 2.45) is 0 Å². The van der Waals surface area contributed by atoms with E-state index in [1.54, 1.807) is 7.11 Å². The topological polar surface area (TPSA) is 94.0 Å². The number of carbonyl (C=O) groups excluding carboxylic acids is 1. The first-order valence-electron chi connectivity index (χ1n) is 9.75. The van der Waals surface area contributed by atoms with Crippen molar-refractivity contribution in [1.29, 1.82) is 0 Å². The molecule has 0 unspecified atom stereocenters. The molecule has 0 radical (unpaired) electrons. The Morgan fingerprint density at radius 3 is 2.79 bits per heavy atom.